The summed E-state index contributed by atoms with van der Waals surface area (Å²) in [4.78, 5) is 35.1. The second-order valence-electron chi connectivity index (χ2n) is 10.9. The number of Topliss-reactive ketones (excluding diaryl/α,β-unsaturated/α-hetero) is 2. The summed E-state index contributed by atoms with van der Waals surface area (Å²) < 4.78 is 0. The van der Waals surface area contributed by atoms with Gasteiger partial charge in [0.25, 0.3) is 0 Å². The Hall–Kier alpha value is -1.19. The van der Waals surface area contributed by atoms with Crippen molar-refractivity contribution in [2.45, 2.75) is 156 Å². The number of carbonyl (C=O) groups is 3. The number of ketones is 2. The molecule has 0 aliphatic rings. The van der Waals surface area contributed by atoms with Crippen LogP contribution in [0, 0.1) is 11.8 Å². The zero-order valence-corrected chi connectivity index (χ0v) is 23.2. The maximum Gasteiger partial charge on any atom is 0.219 e. The van der Waals surface area contributed by atoms with Gasteiger partial charge in [-0.05, 0) is 25.7 Å². The molecule has 1 amide bonds. The van der Waals surface area contributed by atoms with Crippen LogP contribution in [0.5, 0.6) is 0 Å². The van der Waals surface area contributed by atoms with E-state index in [1.54, 1.807) is 0 Å². The second kappa shape index (κ2) is 23.5. The van der Waals surface area contributed by atoms with E-state index in [9.17, 15) is 14.4 Å². The van der Waals surface area contributed by atoms with E-state index in [1.165, 1.54) is 77.0 Å². The molecule has 0 aliphatic heterocycles. The first-order valence-corrected chi connectivity index (χ1v) is 14.7. The Morgan fingerprint density at radius 1 is 0.441 bits per heavy atom. The van der Waals surface area contributed by atoms with Gasteiger partial charge in [-0.2, -0.15) is 0 Å². The zero-order valence-electron chi connectivity index (χ0n) is 23.2. The van der Waals surface area contributed by atoms with Crippen molar-refractivity contribution in [3.63, 3.8) is 0 Å². The fourth-order valence-electron chi connectivity index (χ4n) is 4.20. The summed E-state index contributed by atoms with van der Waals surface area (Å²) in [5.41, 5.74) is 0. The molecular weight excluding hydrogens is 422 g/mol. The number of rotatable bonds is 25. The van der Waals surface area contributed by atoms with Gasteiger partial charge in [-0.25, -0.2) is 0 Å². The molecule has 200 valence electrons. The van der Waals surface area contributed by atoms with Gasteiger partial charge in [-0.1, -0.05) is 111 Å². The lowest BCUT2D eigenvalue weighted by Gasteiger charge is -2.06. The van der Waals surface area contributed by atoms with Gasteiger partial charge in [0, 0.05) is 37.6 Å². The van der Waals surface area contributed by atoms with Crippen molar-refractivity contribution in [2.75, 3.05) is 6.54 Å². The van der Waals surface area contributed by atoms with E-state index in [-0.39, 0.29) is 17.7 Å². The van der Waals surface area contributed by atoms with E-state index < -0.39 is 0 Å². The Kier molecular flexibility index (Phi) is 22.7. The molecule has 0 unspecified atom stereocenters. The first kappa shape index (κ1) is 32.8. The molecule has 0 heterocycles. The number of nitrogens with one attached hydrogen (secondary N) is 1. The summed E-state index contributed by atoms with van der Waals surface area (Å²) in [5, 5.41) is 3.07. The molecule has 4 heteroatoms. The number of hydrogen-bond acceptors (Lipinski definition) is 3. The Bertz CT molecular complexity index is 513. The van der Waals surface area contributed by atoms with Gasteiger partial charge in [0.15, 0.2) is 0 Å². The molecular formula is C30H57NO3. The molecule has 0 bridgehead atoms. The van der Waals surface area contributed by atoms with E-state index in [2.05, 4.69) is 5.32 Å². The van der Waals surface area contributed by atoms with Crippen LogP contribution in [0.1, 0.15) is 156 Å². The van der Waals surface area contributed by atoms with Gasteiger partial charge >= 0.3 is 0 Å². The molecule has 0 atom stereocenters. The minimum atomic E-state index is 0.183. The summed E-state index contributed by atoms with van der Waals surface area (Å²) >= 11 is 0. The molecule has 0 saturated heterocycles. The summed E-state index contributed by atoms with van der Waals surface area (Å²) in [6.07, 6.45) is 22.4. The van der Waals surface area contributed by atoms with Crippen LogP contribution in [0.25, 0.3) is 0 Å². The maximum absolute atomic E-state index is 11.9. The van der Waals surface area contributed by atoms with E-state index in [4.69, 9.17) is 0 Å². The van der Waals surface area contributed by atoms with Gasteiger partial charge in [0.1, 0.15) is 11.6 Å². The fraction of sp³-hybridized carbons (Fsp3) is 0.900. The Labute approximate surface area is 211 Å². The molecule has 0 aromatic heterocycles. The predicted molar refractivity (Wildman–Crippen MR) is 145 cm³/mol. The maximum atomic E-state index is 11.9. The lowest BCUT2D eigenvalue weighted by molar-refractivity contribution is -0.122. The number of hydrogen-bond donors (Lipinski definition) is 1. The number of unbranched alkanes of at least 4 members (excludes halogenated alkanes) is 15. The highest BCUT2D eigenvalue weighted by atomic mass is 16.1. The summed E-state index contributed by atoms with van der Waals surface area (Å²) in [6, 6.07) is 0. The van der Waals surface area contributed by atoms with Crippen LogP contribution in [0.15, 0.2) is 0 Å². The highest BCUT2D eigenvalue weighted by Gasteiger charge is 2.07. The van der Waals surface area contributed by atoms with Crippen molar-refractivity contribution in [2.24, 2.45) is 11.8 Å². The largest absolute Gasteiger partial charge is 0.356 e. The first-order valence-electron chi connectivity index (χ1n) is 14.7. The van der Waals surface area contributed by atoms with E-state index in [0.717, 1.165) is 51.5 Å². The molecule has 0 radical (unpaired) electrons. The topological polar surface area (TPSA) is 63.2 Å². The first-order chi connectivity index (χ1) is 16.3. The van der Waals surface area contributed by atoms with E-state index in [0.29, 0.717) is 18.0 Å². The minimum absolute atomic E-state index is 0.183. The zero-order chi connectivity index (χ0) is 25.4. The van der Waals surface area contributed by atoms with Crippen molar-refractivity contribution >= 4 is 17.5 Å². The third kappa shape index (κ3) is 22.6. The van der Waals surface area contributed by atoms with Crippen LogP contribution in [0.4, 0.5) is 0 Å². The van der Waals surface area contributed by atoms with Gasteiger partial charge in [-0.15, -0.1) is 0 Å². The molecule has 0 spiro atoms. The Morgan fingerprint density at radius 2 is 0.735 bits per heavy atom. The molecule has 0 fully saturated rings. The van der Waals surface area contributed by atoms with Gasteiger partial charge in [0.05, 0.1) is 0 Å². The smallest absolute Gasteiger partial charge is 0.219 e. The molecule has 0 aliphatic carbocycles. The van der Waals surface area contributed by atoms with Crippen LogP contribution in [0.3, 0.4) is 0 Å². The standard InChI is InChI=1S/C30H57NO3/c1-26(2)28(32)22-18-14-10-6-5-9-13-17-21-25-31-30(34)24-20-16-12-8-7-11-15-19-23-29(33)27(3)4/h26-27H,5-25H2,1-4H3,(H,31,34). The van der Waals surface area contributed by atoms with Crippen molar-refractivity contribution < 1.29 is 14.4 Å². The van der Waals surface area contributed by atoms with Crippen LogP contribution in [0.2, 0.25) is 0 Å². The van der Waals surface area contributed by atoms with Crippen LogP contribution in [-0.2, 0) is 14.4 Å². The highest BCUT2D eigenvalue weighted by molar-refractivity contribution is 5.80. The molecule has 34 heavy (non-hydrogen) atoms. The summed E-state index contributed by atoms with van der Waals surface area (Å²) in [6.45, 7) is 8.76. The Morgan fingerprint density at radius 3 is 1.09 bits per heavy atom. The molecule has 0 aromatic rings. The van der Waals surface area contributed by atoms with Gasteiger partial charge in [0.2, 0.25) is 5.91 Å². The fourth-order valence-corrected chi connectivity index (χ4v) is 4.20. The quantitative estimate of drug-likeness (QED) is 0.134. The van der Waals surface area contributed by atoms with Gasteiger partial charge in [-0.3, -0.25) is 14.4 Å². The molecule has 1 N–H and O–H groups in total. The highest BCUT2D eigenvalue weighted by Crippen LogP contribution is 2.13. The SMILES string of the molecule is CC(C)C(=O)CCCCCCCCCCCNC(=O)CCCCCCCCCCC(=O)C(C)C. The third-order valence-corrected chi connectivity index (χ3v) is 6.79. The average molecular weight is 480 g/mol. The second-order valence-corrected chi connectivity index (χ2v) is 10.9. The van der Waals surface area contributed by atoms with Crippen LogP contribution in [-0.4, -0.2) is 24.0 Å². The average Bonchev–Trinajstić information content (AvgIpc) is 2.80. The number of amides is 1. The van der Waals surface area contributed by atoms with Crippen molar-refractivity contribution in [3.05, 3.63) is 0 Å². The van der Waals surface area contributed by atoms with E-state index in [1.807, 2.05) is 27.7 Å². The molecule has 4 nitrogen and oxygen atoms in total. The molecule has 0 saturated carbocycles. The van der Waals surface area contributed by atoms with Crippen LogP contribution >= 0.6 is 0 Å². The van der Waals surface area contributed by atoms with Crippen LogP contribution < -0.4 is 5.32 Å². The monoisotopic (exact) mass is 479 g/mol. The minimum Gasteiger partial charge on any atom is -0.356 e. The summed E-state index contributed by atoms with van der Waals surface area (Å²) in [5.74, 6) is 1.39. The Balaban J connectivity index is 3.26. The van der Waals surface area contributed by atoms with Crippen molar-refractivity contribution in [3.8, 4) is 0 Å². The van der Waals surface area contributed by atoms with Crippen molar-refractivity contribution in [1.29, 1.82) is 0 Å². The normalized spacial score (nSPS) is 11.4. The predicted octanol–water partition coefficient (Wildman–Crippen LogP) is 8.35. The number of carbonyl (C=O) groups excluding carboxylic acids is 3. The van der Waals surface area contributed by atoms with Gasteiger partial charge < -0.3 is 5.32 Å². The summed E-state index contributed by atoms with van der Waals surface area (Å²) in [7, 11) is 0. The lowest BCUT2D eigenvalue weighted by atomic mass is 10.0. The third-order valence-electron chi connectivity index (χ3n) is 6.79. The van der Waals surface area contributed by atoms with Crippen molar-refractivity contribution in [1.82, 2.24) is 5.32 Å². The molecule has 0 aromatic carbocycles. The van der Waals surface area contributed by atoms with E-state index >= 15 is 0 Å². The lowest BCUT2D eigenvalue weighted by Crippen LogP contribution is -2.23. The molecule has 0 rings (SSSR count).